The van der Waals surface area contributed by atoms with E-state index in [1.54, 1.807) is 14.2 Å². The monoisotopic (exact) mass is 170 g/mol. The molecule has 2 nitrogen and oxygen atoms in total. The fraction of sp³-hybridized carbons (Fsp3) is 0.889. The SMILES string of the molecule is CC=BOC(C)CC(C)(C)OC. The van der Waals surface area contributed by atoms with Crippen LogP contribution in [0.25, 0.3) is 0 Å². The van der Waals surface area contributed by atoms with Crippen molar-refractivity contribution in [2.45, 2.75) is 45.8 Å². The van der Waals surface area contributed by atoms with Crippen LogP contribution in [0, 0.1) is 0 Å². The molecule has 0 saturated carbocycles. The summed E-state index contributed by atoms with van der Waals surface area (Å²) in [5.41, 5.74) is -0.0962. The Morgan fingerprint density at radius 3 is 2.50 bits per heavy atom. The standard InChI is InChI=1S/C9H19BO2/c1-6-10-12-8(2)7-9(3,4)11-5/h6,8H,7H2,1-5H3. The first-order chi connectivity index (χ1) is 5.52. The molecule has 0 aliphatic rings. The van der Waals surface area contributed by atoms with Gasteiger partial charge in [-0.3, -0.25) is 0 Å². The van der Waals surface area contributed by atoms with E-state index >= 15 is 0 Å². The Morgan fingerprint density at radius 1 is 1.50 bits per heavy atom. The topological polar surface area (TPSA) is 18.5 Å². The predicted molar refractivity (Wildman–Crippen MR) is 53.7 cm³/mol. The second kappa shape index (κ2) is 5.36. The van der Waals surface area contributed by atoms with Gasteiger partial charge in [-0.1, -0.05) is 0 Å². The van der Waals surface area contributed by atoms with Crippen LogP contribution >= 0.6 is 0 Å². The molecule has 0 bridgehead atoms. The van der Waals surface area contributed by atoms with Gasteiger partial charge in [-0.2, -0.15) is 0 Å². The molecule has 0 rings (SSSR count). The van der Waals surface area contributed by atoms with Gasteiger partial charge in [-0.05, 0) is 0 Å². The van der Waals surface area contributed by atoms with Gasteiger partial charge >= 0.3 is 75.4 Å². The van der Waals surface area contributed by atoms with Gasteiger partial charge in [0.1, 0.15) is 0 Å². The zero-order valence-corrected chi connectivity index (χ0v) is 8.76. The first kappa shape index (κ1) is 11.7. The minimum atomic E-state index is -0.0962. The van der Waals surface area contributed by atoms with Crippen LogP contribution < -0.4 is 0 Å². The normalized spacial score (nSPS) is 14.4. The Balaban J connectivity index is 3.75. The van der Waals surface area contributed by atoms with E-state index in [-0.39, 0.29) is 11.7 Å². The Bertz CT molecular complexity index is 143. The minimum absolute atomic E-state index is 0.0962. The van der Waals surface area contributed by atoms with Gasteiger partial charge in [-0.15, -0.1) is 0 Å². The van der Waals surface area contributed by atoms with Crippen LogP contribution in [0.3, 0.4) is 0 Å². The Hall–Kier alpha value is -0.305. The van der Waals surface area contributed by atoms with Crippen molar-refractivity contribution in [1.82, 2.24) is 0 Å². The summed E-state index contributed by atoms with van der Waals surface area (Å²) in [6, 6.07) is 0. The molecule has 0 aliphatic heterocycles. The Morgan fingerprint density at radius 2 is 2.08 bits per heavy atom. The molecular formula is C9H19BO2. The van der Waals surface area contributed by atoms with Gasteiger partial charge < -0.3 is 0 Å². The zero-order valence-electron chi connectivity index (χ0n) is 8.76. The van der Waals surface area contributed by atoms with Crippen molar-refractivity contribution in [2.24, 2.45) is 0 Å². The third-order valence-corrected chi connectivity index (χ3v) is 1.78. The fourth-order valence-corrected chi connectivity index (χ4v) is 1.04. The molecule has 0 radical (unpaired) electrons. The number of ether oxygens (including phenoxy) is 1. The van der Waals surface area contributed by atoms with Gasteiger partial charge in [0.2, 0.25) is 0 Å². The quantitative estimate of drug-likeness (QED) is 0.584. The van der Waals surface area contributed by atoms with Gasteiger partial charge in [0.05, 0.1) is 0 Å². The van der Waals surface area contributed by atoms with Gasteiger partial charge in [-0.25, -0.2) is 0 Å². The van der Waals surface area contributed by atoms with Crippen molar-refractivity contribution < 1.29 is 9.39 Å². The number of hydrogen-bond acceptors (Lipinski definition) is 2. The average Bonchev–Trinajstić information content (AvgIpc) is 2.00. The molecule has 0 saturated heterocycles. The van der Waals surface area contributed by atoms with Crippen LogP contribution in [0.15, 0.2) is 0 Å². The summed E-state index contributed by atoms with van der Waals surface area (Å²) in [7, 11) is 3.44. The number of rotatable bonds is 5. The molecule has 1 atom stereocenters. The van der Waals surface area contributed by atoms with Gasteiger partial charge in [0, 0.05) is 0 Å². The third-order valence-electron chi connectivity index (χ3n) is 1.78. The van der Waals surface area contributed by atoms with Crippen molar-refractivity contribution >= 4 is 13.1 Å². The maximum atomic E-state index is 5.37. The molecule has 0 aromatic heterocycles. The van der Waals surface area contributed by atoms with Crippen LogP contribution in [-0.4, -0.2) is 31.9 Å². The van der Waals surface area contributed by atoms with E-state index in [1.165, 1.54) is 0 Å². The fourth-order valence-electron chi connectivity index (χ4n) is 1.04. The van der Waals surface area contributed by atoms with Crippen molar-refractivity contribution in [3.8, 4) is 0 Å². The Kier molecular flexibility index (Phi) is 5.22. The van der Waals surface area contributed by atoms with E-state index in [0.717, 1.165) is 6.42 Å². The second-order valence-electron chi connectivity index (χ2n) is 3.58. The maximum absolute atomic E-state index is 5.37. The third kappa shape index (κ3) is 5.36. The molecule has 0 aliphatic carbocycles. The molecular weight excluding hydrogens is 151 g/mol. The van der Waals surface area contributed by atoms with E-state index in [4.69, 9.17) is 9.39 Å². The number of methoxy groups -OCH3 is 1. The summed E-state index contributed by atoms with van der Waals surface area (Å²) in [5, 5.41) is 0. The molecule has 3 heteroatoms. The van der Waals surface area contributed by atoms with E-state index in [0.29, 0.717) is 0 Å². The van der Waals surface area contributed by atoms with E-state index in [9.17, 15) is 0 Å². The van der Waals surface area contributed by atoms with Crippen LogP contribution in [0.5, 0.6) is 0 Å². The molecule has 12 heavy (non-hydrogen) atoms. The molecule has 0 aromatic carbocycles. The molecule has 0 fully saturated rings. The average molecular weight is 170 g/mol. The molecule has 1 unspecified atom stereocenters. The van der Waals surface area contributed by atoms with Crippen molar-refractivity contribution in [1.29, 1.82) is 0 Å². The zero-order chi connectivity index (χ0) is 9.61. The van der Waals surface area contributed by atoms with E-state index < -0.39 is 0 Å². The van der Waals surface area contributed by atoms with Crippen LogP contribution in [0.2, 0.25) is 0 Å². The first-order valence-electron chi connectivity index (χ1n) is 4.33. The second-order valence-corrected chi connectivity index (χ2v) is 3.58. The molecule has 0 aromatic rings. The van der Waals surface area contributed by atoms with Gasteiger partial charge in [0.25, 0.3) is 0 Å². The van der Waals surface area contributed by atoms with Crippen molar-refractivity contribution in [3.05, 3.63) is 0 Å². The summed E-state index contributed by atoms with van der Waals surface area (Å²) < 4.78 is 10.7. The van der Waals surface area contributed by atoms with Crippen LogP contribution in [-0.2, 0) is 9.39 Å². The summed E-state index contributed by atoms with van der Waals surface area (Å²) in [5.74, 6) is 1.89. The summed E-state index contributed by atoms with van der Waals surface area (Å²) >= 11 is 0. The molecule has 0 N–H and O–H groups in total. The Labute approximate surface area is 76.2 Å². The summed E-state index contributed by atoms with van der Waals surface area (Å²) in [4.78, 5) is 0. The predicted octanol–water partition coefficient (Wildman–Crippen LogP) is 1.65. The van der Waals surface area contributed by atoms with E-state index in [1.807, 2.05) is 19.8 Å². The van der Waals surface area contributed by atoms with Crippen LogP contribution in [0.1, 0.15) is 34.1 Å². The van der Waals surface area contributed by atoms with Gasteiger partial charge in [0.15, 0.2) is 0 Å². The number of hydrogen-bond donors (Lipinski definition) is 0. The molecule has 0 amide bonds. The summed E-state index contributed by atoms with van der Waals surface area (Å²) in [6.07, 6.45) is 1.10. The molecule has 70 valence electrons. The summed E-state index contributed by atoms with van der Waals surface area (Å²) in [6.45, 7) is 8.10. The van der Waals surface area contributed by atoms with E-state index in [2.05, 4.69) is 13.8 Å². The first-order valence-corrected chi connectivity index (χ1v) is 4.33. The van der Waals surface area contributed by atoms with Crippen LogP contribution in [0.4, 0.5) is 0 Å². The molecule has 0 heterocycles. The van der Waals surface area contributed by atoms with Crippen molar-refractivity contribution in [2.75, 3.05) is 7.11 Å². The van der Waals surface area contributed by atoms with Crippen molar-refractivity contribution in [3.63, 3.8) is 0 Å². The molecule has 0 spiro atoms.